The van der Waals surface area contributed by atoms with Gasteiger partial charge in [0.2, 0.25) is 15.9 Å². The minimum Gasteiger partial charge on any atom is -0.326 e. The number of benzene rings is 1. The third-order valence-electron chi connectivity index (χ3n) is 5.25. The molecule has 0 aliphatic carbocycles. The van der Waals surface area contributed by atoms with Crippen molar-refractivity contribution in [1.82, 2.24) is 19.6 Å². The van der Waals surface area contributed by atoms with Crippen LogP contribution in [0.4, 0.5) is 24.5 Å². The van der Waals surface area contributed by atoms with Crippen molar-refractivity contribution in [3.05, 3.63) is 46.5 Å². The van der Waals surface area contributed by atoms with Gasteiger partial charge in [0.05, 0.1) is 11.4 Å². The van der Waals surface area contributed by atoms with E-state index in [1.807, 2.05) is 0 Å². The van der Waals surface area contributed by atoms with Crippen LogP contribution in [0.3, 0.4) is 0 Å². The average Bonchev–Trinajstić information content (AvgIpc) is 3.15. The molecule has 0 unspecified atom stereocenters. The summed E-state index contributed by atoms with van der Waals surface area (Å²) in [6.07, 6.45) is -3.97. The summed E-state index contributed by atoms with van der Waals surface area (Å²) in [6, 6.07) is 4.89. The van der Waals surface area contributed by atoms with Crippen molar-refractivity contribution in [2.75, 3.05) is 15.8 Å². The van der Waals surface area contributed by atoms with Crippen molar-refractivity contribution in [3.8, 4) is 0 Å². The second-order valence-electron chi connectivity index (χ2n) is 7.85. The summed E-state index contributed by atoms with van der Waals surface area (Å²) >= 11 is 0. The van der Waals surface area contributed by atoms with Gasteiger partial charge in [0, 0.05) is 23.5 Å². The Bertz CT molecular complexity index is 1340. The molecule has 34 heavy (non-hydrogen) atoms. The molecule has 0 bridgehead atoms. The Kier molecular flexibility index (Phi) is 7.15. The van der Waals surface area contributed by atoms with Crippen molar-refractivity contribution < 1.29 is 26.4 Å². The van der Waals surface area contributed by atoms with E-state index in [4.69, 9.17) is 0 Å². The molecule has 3 rings (SSSR count). The number of nitrogens with one attached hydrogen (secondary N) is 2. The number of hydrogen-bond donors (Lipinski definition) is 2. The lowest BCUT2D eigenvalue weighted by Crippen LogP contribution is -2.18. The fourth-order valence-corrected chi connectivity index (χ4v) is 4.71. The van der Waals surface area contributed by atoms with Crippen LogP contribution >= 0.6 is 0 Å². The van der Waals surface area contributed by atoms with Crippen LogP contribution < -0.4 is 10.0 Å². The van der Waals surface area contributed by atoms with Crippen LogP contribution in [0.15, 0.2) is 18.2 Å². The number of hydrogen-bond acceptors (Lipinski definition) is 6. The summed E-state index contributed by atoms with van der Waals surface area (Å²) in [7, 11) is -3.49. The topological polar surface area (TPSA) is 118 Å². The van der Waals surface area contributed by atoms with Gasteiger partial charge in [-0.25, -0.2) is 17.9 Å². The highest BCUT2D eigenvalue weighted by Gasteiger charge is 2.37. The second-order valence-corrected chi connectivity index (χ2v) is 9.70. The fraction of sp³-hybridized carbons (Fsp3) is 0.429. The molecule has 3 aromatic rings. The number of anilines is 2. The zero-order chi connectivity index (χ0) is 25.3. The van der Waals surface area contributed by atoms with Crippen molar-refractivity contribution in [1.29, 1.82) is 0 Å². The summed E-state index contributed by atoms with van der Waals surface area (Å²) in [5.74, 6) is -1.79. The summed E-state index contributed by atoms with van der Waals surface area (Å²) in [4.78, 5) is 20.1. The normalized spacial score (nSPS) is 12.2. The van der Waals surface area contributed by atoms with Gasteiger partial charge < -0.3 is 5.32 Å². The van der Waals surface area contributed by atoms with Crippen LogP contribution in [-0.2, 0) is 27.4 Å². The number of nitrogens with zero attached hydrogens (tertiary/aromatic N) is 4. The molecule has 2 aromatic heterocycles. The van der Waals surface area contributed by atoms with Gasteiger partial charge in [0.1, 0.15) is 0 Å². The van der Waals surface area contributed by atoms with Crippen molar-refractivity contribution in [3.63, 3.8) is 0 Å². The molecule has 184 valence electrons. The Morgan fingerprint density at radius 2 is 1.79 bits per heavy atom. The molecular weight excluding hydrogens is 473 g/mol. The maximum atomic E-state index is 13.0. The first-order chi connectivity index (χ1) is 15.8. The fourth-order valence-electron chi connectivity index (χ4n) is 3.51. The Morgan fingerprint density at radius 3 is 2.44 bits per heavy atom. The molecule has 0 atom stereocenters. The lowest BCUT2D eigenvalue weighted by molar-refractivity contribution is -0.144. The highest BCUT2D eigenvalue weighted by Crippen LogP contribution is 2.28. The number of carbonyl (C=O) groups is 1. The zero-order valence-corrected chi connectivity index (χ0v) is 19.9. The molecule has 0 spiro atoms. The number of rotatable bonds is 8. The molecule has 0 fully saturated rings. The average molecular weight is 499 g/mol. The maximum Gasteiger partial charge on any atom is 0.453 e. The van der Waals surface area contributed by atoms with Crippen LogP contribution in [0.2, 0.25) is 0 Å². The lowest BCUT2D eigenvalue weighted by atomic mass is 10.1. The van der Waals surface area contributed by atoms with E-state index in [9.17, 15) is 26.4 Å². The van der Waals surface area contributed by atoms with Gasteiger partial charge in [-0.15, -0.1) is 5.10 Å². The monoisotopic (exact) mass is 498 g/mol. The minimum absolute atomic E-state index is 0.0175. The molecule has 9 nitrogen and oxygen atoms in total. The number of sulfonamides is 1. The maximum absolute atomic E-state index is 13.0. The number of fused-ring (bicyclic) bond motifs is 1. The molecule has 1 amide bonds. The number of aromatic nitrogens is 4. The van der Waals surface area contributed by atoms with Crippen molar-refractivity contribution in [2.24, 2.45) is 0 Å². The van der Waals surface area contributed by atoms with E-state index in [1.54, 1.807) is 45.9 Å². The molecular formula is C21H25F3N6O3S. The van der Waals surface area contributed by atoms with Crippen LogP contribution in [0.1, 0.15) is 48.1 Å². The number of amides is 1. The van der Waals surface area contributed by atoms with Gasteiger partial charge in [-0.3, -0.25) is 9.52 Å². The van der Waals surface area contributed by atoms with E-state index < -0.39 is 22.0 Å². The predicted molar refractivity (Wildman–Crippen MR) is 121 cm³/mol. The first kappa shape index (κ1) is 25.4. The molecule has 13 heteroatoms. The number of alkyl halides is 3. The van der Waals surface area contributed by atoms with E-state index in [1.165, 1.54) is 0 Å². The molecule has 0 aliphatic rings. The van der Waals surface area contributed by atoms with Crippen LogP contribution in [0, 0.1) is 20.8 Å². The lowest BCUT2D eigenvalue weighted by Gasteiger charge is -2.15. The molecule has 0 saturated carbocycles. The smallest absolute Gasteiger partial charge is 0.326 e. The highest BCUT2D eigenvalue weighted by molar-refractivity contribution is 7.92. The van der Waals surface area contributed by atoms with Crippen molar-refractivity contribution >= 4 is 33.1 Å². The molecule has 0 saturated heterocycles. The Hall–Kier alpha value is -3.22. The first-order valence-corrected chi connectivity index (χ1v) is 12.2. The molecule has 2 N–H and O–H groups in total. The highest BCUT2D eigenvalue weighted by atomic mass is 32.2. The first-order valence-electron chi connectivity index (χ1n) is 10.5. The molecule has 0 radical (unpaired) electrons. The Labute approximate surface area is 194 Å². The third-order valence-corrected chi connectivity index (χ3v) is 6.73. The Morgan fingerprint density at radius 1 is 1.12 bits per heavy atom. The van der Waals surface area contributed by atoms with Gasteiger partial charge in [-0.2, -0.15) is 18.2 Å². The van der Waals surface area contributed by atoms with Gasteiger partial charge in [-0.05, 0) is 56.9 Å². The van der Waals surface area contributed by atoms with Gasteiger partial charge in [0.25, 0.3) is 11.6 Å². The Balaban J connectivity index is 1.75. The standard InChI is InChI=1S/C21H25F3N6O3S/c1-5-11-34(32,33)29-17-8-6-7-16(12(17)2)26-18(31)10-9-15-13(3)25-20-27-19(21(22,23)24)28-30(20)14(15)4/h6-8,29H,5,9-11H2,1-4H3,(H,26,31). The van der Waals surface area contributed by atoms with Gasteiger partial charge >= 0.3 is 6.18 Å². The number of aryl methyl sites for hydroxylation is 2. The number of halogens is 3. The van der Waals surface area contributed by atoms with Crippen LogP contribution in [-0.4, -0.2) is 39.7 Å². The van der Waals surface area contributed by atoms with E-state index in [-0.39, 0.29) is 30.3 Å². The SMILES string of the molecule is CCCS(=O)(=O)Nc1cccc(NC(=O)CCc2c(C)nc3nc(C(F)(F)F)nn3c2C)c1C. The van der Waals surface area contributed by atoms with E-state index >= 15 is 0 Å². The molecule has 0 aliphatic heterocycles. The van der Waals surface area contributed by atoms with Crippen LogP contribution in [0.5, 0.6) is 0 Å². The summed E-state index contributed by atoms with van der Waals surface area (Å²) < 4.78 is 66.6. The van der Waals surface area contributed by atoms with Gasteiger partial charge in [0.15, 0.2) is 0 Å². The predicted octanol–water partition coefficient (Wildman–Crippen LogP) is 3.79. The van der Waals surface area contributed by atoms with E-state index in [0.29, 0.717) is 40.3 Å². The van der Waals surface area contributed by atoms with E-state index in [0.717, 1.165) is 4.52 Å². The van der Waals surface area contributed by atoms with Crippen LogP contribution in [0.25, 0.3) is 5.78 Å². The summed E-state index contributed by atoms with van der Waals surface area (Å²) in [5.41, 5.74) is 2.87. The summed E-state index contributed by atoms with van der Waals surface area (Å²) in [5, 5.41) is 6.27. The molecule has 2 heterocycles. The summed E-state index contributed by atoms with van der Waals surface area (Å²) in [6.45, 7) is 6.68. The quantitative estimate of drug-likeness (QED) is 0.488. The largest absolute Gasteiger partial charge is 0.453 e. The second kappa shape index (κ2) is 9.57. The third kappa shape index (κ3) is 5.64. The van der Waals surface area contributed by atoms with Gasteiger partial charge in [-0.1, -0.05) is 13.0 Å². The molecule has 1 aromatic carbocycles. The van der Waals surface area contributed by atoms with E-state index in [2.05, 4.69) is 25.1 Å². The van der Waals surface area contributed by atoms with Crippen molar-refractivity contribution in [2.45, 2.75) is 53.1 Å². The minimum atomic E-state index is -4.69. The zero-order valence-electron chi connectivity index (χ0n) is 19.1. The number of carbonyl (C=O) groups excluding carboxylic acids is 1.